The minimum Gasteiger partial charge on any atom is -0.474 e. The lowest BCUT2D eigenvalue weighted by Gasteiger charge is -2.57. The van der Waals surface area contributed by atoms with E-state index in [-0.39, 0.29) is 40.2 Å². The summed E-state index contributed by atoms with van der Waals surface area (Å²) in [5.41, 5.74) is 7.32. The number of hydrogen-bond acceptors (Lipinski definition) is 6. The molecule has 1 aromatic carbocycles. The van der Waals surface area contributed by atoms with Crippen LogP contribution in [0.5, 0.6) is 5.88 Å². The van der Waals surface area contributed by atoms with E-state index in [0.717, 1.165) is 31.2 Å². The molecule has 0 saturated heterocycles. The number of nitrogens with one attached hydrogen (secondary N) is 1. The molecule has 1 spiro atoms. The monoisotopic (exact) mass is 521 g/mol. The number of carbonyl (C=O) groups excluding carboxylic acids is 2. The Morgan fingerprint density at radius 1 is 1.18 bits per heavy atom. The maximum absolute atomic E-state index is 13.8. The molecule has 0 atom stereocenters. The first-order chi connectivity index (χ1) is 18.2. The number of alkyl halides is 2. The highest BCUT2D eigenvalue weighted by Crippen LogP contribution is 2.56. The maximum Gasteiger partial charge on any atom is 0.333 e. The third-order valence-corrected chi connectivity index (χ3v) is 7.48. The molecule has 6 rings (SSSR count). The van der Waals surface area contributed by atoms with E-state index in [4.69, 9.17) is 10.5 Å². The number of carbonyl (C=O) groups is 2. The Labute approximate surface area is 215 Å². The molecule has 0 aliphatic heterocycles. The normalized spacial score (nSPS) is 22.3. The lowest BCUT2D eigenvalue weighted by atomic mass is 9.53. The minimum atomic E-state index is -2.89. The van der Waals surface area contributed by atoms with E-state index in [1.165, 1.54) is 0 Å². The number of pyridine rings is 1. The van der Waals surface area contributed by atoms with Gasteiger partial charge >= 0.3 is 6.55 Å². The van der Waals surface area contributed by atoms with E-state index in [2.05, 4.69) is 20.5 Å². The largest absolute Gasteiger partial charge is 0.474 e. The van der Waals surface area contributed by atoms with Gasteiger partial charge in [0, 0.05) is 36.4 Å². The Hall–Kier alpha value is -4.35. The number of nitrogens with two attached hydrogens (primary N) is 1. The summed E-state index contributed by atoms with van der Waals surface area (Å²) >= 11 is 0. The van der Waals surface area contributed by atoms with E-state index in [1.54, 1.807) is 60.7 Å². The SMILES string of the molecule is Cn1cc(-c2ccc3c(C(=O)NC4CC5(C4)CC(Oc4ncccc4C(N)=O)C5)nn(C(F)F)c3c2)cn1. The summed E-state index contributed by atoms with van der Waals surface area (Å²) in [6.07, 6.45) is 7.94. The van der Waals surface area contributed by atoms with Crippen molar-refractivity contribution in [2.45, 2.75) is 44.4 Å². The van der Waals surface area contributed by atoms with E-state index in [9.17, 15) is 18.4 Å². The Morgan fingerprint density at radius 2 is 1.97 bits per heavy atom. The van der Waals surface area contributed by atoms with Gasteiger partial charge in [-0.25, -0.2) is 9.67 Å². The number of aryl methyl sites for hydroxylation is 1. The van der Waals surface area contributed by atoms with Gasteiger partial charge in [0.2, 0.25) is 5.88 Å². The quantitative estimate of drug-likeness (QED) is 0.383. The fourth-order valence-electron chi connectivity index (χ4n) is 5.70. The molecule has 12 heteroatoms. The number of rotatable bonds is 7. The molecule has 0 radical (unpaired) electrons. The smallest absolute Gasteiger partial charge is 0.333 e. The average molecular weight is 522 g/mol. The average Bonchev–Trinajstić information content (AvgIpc) is 3.45. The lowest BCUT2D eigenvalue weighted by molar-refractivity contribution is -0.0848. The summed E-state index contributed by atoms with van der Waals surface area (Å²) in [4.78, 5) is 28.8. The van der Waals surface area contributed by atoms with Crippen molar-refractivity contribution in [1.29, 1.82) is 0 Å². The Bertz CT molecular complexity index is 1550. The number of amides is 2. The highest BCUT2D eigenvalue weighted by atomic mass is 19.3. The molecule has 2 amide bonds. The van der Waals surface area contributed by atoms with Gasteiger partial charge in [-0.05, 0) is 60.9 Å². The third kappa shape index (κ3) is 4.15. The van der Waals surface area contributed by atoms with Crippen molar-refractivity contribution < 1.29 is 23.1 Å². The second-order valence-electron chi connectivity index (χ2n) is 10.2. The van der Waals surface area contributed by atoms with Crippen molar-refractivity contribution >= 4 is 22.7 Å². The molecule has 2 aliphatic carbocycles. The first-order valence-electron chi connectivity index (χ1n) is 12.2. The van der Waals surface area contributed by atoms with Crippen LogP contribution >= 0.6 is 0 Å². The topological polar surface area (TPSA) is 130 Å². The second kappa shape index (κ2) is 8.89. The van der Waals surface area contributed by atoms with Gasteiger partial charge in [0.15, 0.2) is 5.69 Å². The second-order valence-corrected chi connectivity index (χ2v) is 10.2. The van der Waals surface area contributed by atoms with Crippen molar-refractivity contribution in [3.8, 4) is 17.0 Å². The minimum absolute atomic E-state index is 0.0251. The maximum atomic E-state index is 13.8. The molecule has 10 nitrogen and oxygen atoms in total. The zero-order chi connectivity index (χ0) is 26.6. The molecule has 4 aromatic rings. The molecule has 3 N–H and O–H groups in total. The molecule has 38 heavy (non-hydrogen) atoms. The number of nitrogens with zero attached hydrogens (tertiary/aromatic N) is 5. The number of primary amides is 1. The Balaban J connectivity index is 1.11. The first-order valence-corrected chi connectivity index (χ1v) is 12.2. The molecular weight excluding hydrogens is 496 g/mol. The number of benzene rings is 1. The summed E-state index contributed by atoms with van der Waals surface area (Å²) in [5.74, 6) is -0.837. The summed E-state index contributed by atoms with van der Waals surface area (Å²) in [6, 6.07) is 8.13. The summed E-state index contributed by atoms with van der Waals surface area (Å²) in [5, 5.41) is 11.4. The Kier molecular flexibility index (Phi) is 5.62. The molecule has 196 valence electrons. The van der Waals surface area contributed by atoms with Gasteiger partial charge < -0.3 is 15.8 Å². The van der Waals surface area contributed by atoms with E-state index in [0.29, 0.717) is 15.6 Å². The summed E-state index contributed by atoms with van der Waals surface area (Å²) in [7, 11) is 1.77. The van der Waals surface area contributed by atoms with Gasteiger partial charge in [-0.15, -0.1) is 0 Å². The van der Waals surface area contributed by atoms with Crippen LogP contribution < -0.4 is 15.8 Å². The van der Waals surface area contributed by atoms with Crippen LogP contribution in [0.4, 0.5) is 8.78 Å². The molecule has 0 unspecified atom stereocenters. The molecule has 0 bridgehead atoms. The third-order valence-electron chi connectivity index (χ3n) is 7.48. The van der Waals surface area contributed by atoms with Crippen molar-refractivity contribution in [2.75, 3.05) is 0 Å². The Morgan fingerprint density at radius 3 is 2.66 bits per heavy atom. The van der Waals surface area contributed by atoms with E-state index < -0.39 is 18.4 Å². The fraction of sp³-hybridized carbons (Fsp3) is 0.346. The lowest BCUT2D eigenvalue weighted by Crippen LogP contribution is -2.58. The fourth-order valence-corrected chi connectivity index (χ4v) is 5.70. The van der Waals surface area contributed by atoms with Crippen LogP contribution in [0.15, 0.2) is 48.9 Å². The van der Waals surface area contributed by atoms with Gasteiger partial charge in [0.05, 0.1) is 11.7 Å². The van der Waals surface area contributed by atoms with Gasteiger partial charge in [0.1, 0.15) is 11.7 Å². The van der Waals surface area contributed by atoms with Crippen LogP contribution in [-0.2, 0) is 7.05 Å². The summed E-state index contributed by atoms with van der Waals surface area (Å²) < 4.78 is 35.7. The van der Waals surface area contributed by atoms with E-state index in [1.807, 2.05) is 0 Å². The van der Waals surface area contributed by atoms with Crippen LogP contribution in [0.3, 0.4) is 0 Å². The van der Waals surface area contributed by atoms with Crippen molar-refractivity contribution in [3.05, 3.63) is 60.2 Å². The predicted octanol–water partition coefficient (Wildman–Crippen LogP) is 3.45. The van der Waals surface area contributed by atoms with E-state index >= 15 is 0 Å². The molecule has 2 fully saturated rings. The number of fused-ring (bicyclic) bond motifs is 1. The van der Waals surface area contributed by atoms with Crippen LogP contribution in [0.2, 0.25) is 0 Å². The van der Waals surface area contributed by atoms with Crippen molar-refractivity contribution in [1.82, 2.24) is 29.9 Å². The number of hydrogen-bond donors (Lipinski definition) is 2. The molecule has 2 aliphatic rings. The van der Waals surface area contributed by atoms with Gasteiger partial charge in [0.25, 0.3) is 11.8 Å². The highest BCUT2D eigenvalue weighted by molar-refractivity contribution is 6.05. The van der Waals surface area contributed by atoms with Crippen LogP contribution in [0.25, 0.3) is 22.0 Å². The highest BCUT2D eigenvalue weighted by Gasteiger charge is 2.54. The molecular formula is C26H25F2N7O3. The van der Waals surface area contributed by atoms with Crippen LogP contribution in [-0.4, -0.2) is 48.5 Å². The molecule has 2 saturated carbocycles. The van der Waals surface area contributed by atoms with Crippen LogP contribution in [0, 0.1) is 5.41 Å². The zero-order valence-corrected chi connectivity index (χ0v) is 20.5. The first kappa shape index (κ1) is 24.0. The number of aromatic nitrogens is 5. The summed E-state index contributed by atoms with van der Waals surface area (Å²) in [6.45, 7) is -2.89. The van der Waals surface area contributed by atoms with Crippen molar-refractivity contribution in [3.63, 3.8) is 0 Å². The van der Waals surface area contributed by atoms with Crippen LogP contribution in [0.1, 0.15) is 53.1 Å². The standard InChI is InChI=1S/C26H25F2N7O3/c1-34-13-15(12-31-34)14-4-5-18-20(7-14)35(25(27)28)33-21(18)23(37)32-16-8-26(9-16)10-17(11-26)38-24-19(22(29)36)3-2-6-30-24/h2-7,12-13,16-17,25H,8-11H2,1H3,(H2,29,36)(H,32,37). The molecule has 3 aromatic heterocycles. The van der Waals surface area contributed by atoms with Gasteiger partial charge in [-0.1, -0.05) is 6.07 Å². The van der Waals surface area contributed by atoms with Gasteiger partial charge in [-0.3, -0.25) is 14.3 Å². The predicted molar refractivity (Wildman–Crippen MR) is 133 cm³/mol. The molecule has 3 heterocycles. The number of halogens is 2. The number of ether oxygens (including phenoxy) is 1. The zero-order valence-electron chi connectivity index (χ0n) is 20.5. The van der Waals surface area contributed by atoms with Gasteiger partial charge in [-0.2, -0.15) is 19.0 Å². The van der Waals surface area contributed by atoms with Crippen molar-refractivity contribution in [2.24, 2.45) is 18.2 Å².